The summed E-state index contributed by atoms with van der Waals surface area (Å²) in [5.74, 6) is 0.500. The topological polar surface area (TPSA) is 12.5 Å². The van der Waals surface area contributed by atoms with Crippen LogP contribution in [0.25, 0.3) is 0 Å². The van der Waals surface area contributed by atoms with E-state index in [0.29, 0.717) is 18.0 Å². The van der Waals surface area contributed by atoms with Crippen molar-refractivity contribution < 1.29 is 4.74 Å². The molecule has 0 N–H and O–H groups in total. The smallest absolute Gasteiger partial charge is 0.125 e. The molecule has 84 valence electrons. The lowest BCUT2D eigenvalue weighted by atomic mass is 9.81. The van der Waals surface area contributed by atoms with Crippen LogP contribution in [0.1, 0.15) is 36.8 Å². The van der Waals surface area contributed by atoms with Gasteiger partial charge in [-0.2, -0.15) is 0 Å². The zero-order valence-corrected chi connectivity index (χ0v) is 11.9. The van der Waals surface area contributed by atoms with E-state index in [0.717, 1.165) is 0 Å². The number of hydrogen-bond acceptors (Lipinski definition) is 2. The Balaban J connectivity index is 2.10. The maximum Gasteiger partial charge on any atom is 0.125 e. The maximum atomic E-state index is 6.20. The molecule has 1 fully saturated rings. The third-order valence-corrected chi connectivity index (χ3v) is 5.55. The Morgan fingerprint density at radius 1 is 1.31 bits per heavy atom. The van der Waals surface area contributed by atoms with E-state index in [1.165, 1.54) is 11.1 Å². The summed E-state index contributed by atoms with van der Waals surface area (Å²) in [7, 11) is 2.27. The first-order valence-electron chi connectivity index (χ1n) is 5.74. The highest BCUT2D eigenvalue weighted by Gasteiger charge is 2.53. The minimum Gasteiger partial charge on any atom is -0.355 e. The van der Waals surface area contributed by atoms with Crippen molar-refractivity contribution in [1.29, 1.82) is 0 Å². The number of benzene rings is 1. The van der Waals surface area contributed by atoms with Crippen molar-refractivity contribution in [2.45, 2.75) is 37.5 Å². The van der Waals surface area contributed by atoms with Gasteiger partial charge in [-0.15, -0.1) is 0 Å². The van der Waals surface area contributed by atoms with Crippen LogP contribution in [0.3, 0.4) is 0 Å². The quantitative estimate of drug-likeness (QED) is 0.412. The van der Waals surface area contributed by atoms with Gasteiger partial charge in [0.2, 0.25) is 0 Å². The van der Waals surface area contributed by atoms with Crippen LogP contribution in [0.5, 0.6) is 0 Å². The fraction of sp³-hybridized carbons (Fsp3) is 0.500. The van der Waals surface area contributed by atoms with Gasteiger partial charge in [-0.1, -0.05) is 24.3 Å². The van der Waals surface area contributed by atoms with Gasteiger partial charge in [-0.3, -0.25) is 0 Å². The minimum atomic E-state index is -0.155. The molecule has 0 radical (unpaired) electrons. The maximum absolute atomic E-state index is 6.20. The second-order valence-corrected chi connectivity index (χ2v) is 6.24. The number of ether oxygens (including phenoxy) is 1. The SMILES string of the molecule is B[C@@H]1c2ccccc2[C@H]2[C@@H]1OC(C)(C)N2I. The van der Waals surface area contributed by atoms with Crippen LogP contribution in [0.2, 0.25) is 0 Å². The molecular weight excluding hydrogens is 312 g/mol. The first-order chi connectivity index (χ1) is 7.52. The molecule has 1 saturated heterocycles. The molecule has 0 amide bonds. The largest absolute Gasteiger partial charge is 0.355 e. The highest BCUT2D eigenvalue weighted by molar-refractivity contribution is 14.1. The van der Waals surface area contributed by atoms with Crippen molar-refractivity contribution in [3.05, 3.63) is 35.4 Å². The highest BCUT2D eigenvalue weighted by Crippen LogP contribution is 2.53. The van der Waals surface area contributed by atoms with Gasteiger partial charge in [0.15, 0.2) is 0 Å². The van der Waals surface area contributed by atoms with Gasteiger partial charge in [0.1, 0.15) is 13.6 Å². The van der Waals surface area contributed by atoms with Crippen molar-refractivity contribution >= 4 is 30.7 Å². The number of nitrogens with zero attached hydrogens (tertiary/aromatic N) is 1. The molecular formula is C12H15BINO. The normalized spacial score (nSPS) is 36.1. The summed E-state index contributed by atoms with van der Waals surface area (Å²) >= 11 is 2.41. The third-order valence-electron chi connectivity index (χ3n) is 3.79. The average molecular weight is 327 g/mol. The van der Waals surface area contributed by atoms with Crippen LogP contribution < -0.4 is 0 Å². The summed E-state index contributed by atoms with van der Waals surface area (Å²) in [4.78, 5) is 0. The molecule has 3 atom stereocenters. The summed E-state index contributed by atoms with van der Waals surface area (Å²) in [5, 5.41) is 0. The molecule has 2 nitrogen and oxygen atoms in total. The number of rotatable bonds is 0. The molecule has 0 aromatic heterocycles. The monoisotopic (exact) mass is 327 g/mol. The predicted octanol–water partition coefficient (Wildman–Crippen LogP) is 2.20. The van der Waals surface area contributed by atoms with Crippen LogP contribution in [0.15, 0.2) is 24.3 Å². The van der Waals surface area contributed by atoms with Gasteiger partial charge in [-0.05, 0) is 30.8 Å². The van der Waals surface area contributed by atoms with E-state index < -0.39 is 0 Å². The van der Waals surface area contributed by atoms with E-state index in [1.807, 2.05) is 0 Å². The molecule has 1 aromatic carbocycles. The first-order valence-corrected chi connectivity index (χ1v) is 6.70. The van der Waals surface area contributed by atoms with Gasteiger partial charge >= 0.3 is 0 Å². The van der Waals surface area contributed by atoms with Crippen molar-refractivity contribution in [2.75, 3.05) is 0 Å². The highest BCUT2D eigenvalue weighted by atomic mass is 127. The predicted molar refractivity (Wildman–Crippen MR) is 75.3 cm³/mol. The van der Waals surface area contributed by atoms with Gasteiger partial charge in [0.05, 0.1) is 12.1 Å². The van der Waals surface area contributed by atoms with Crippen LogP contribution in [-0.2, 0) is 4.74 Å². The summed E-state index contributed by atoms with van der Waals surface area (Å²) in [5.41, 5.74) is 2.74. The van der Waals surface area contributed by atoms with Crippen LogP contribution in [0, 0.1) is 0 Å². The minimum absolute atomic E-state index is 0.155. The second-order valence-electron chi connectivity index (χ2n) is 5.20. The molecule has 1 heterocycles. The number of halogens is 1. The molecule has 1 aromatic rings. The Labute approximate surface area is 111 Å². The molecule has 0 unspecified atom stereocenters. The summed E-state index contributed by atoms with van der Waals surface area (Å²) in [6.07, 6.45) is 0.310. The molecule has 16 heavy (non-hydrogen) atoms. The molecule has 0 spiro atoms. The Hall–Kier alpha value is -0.0651. The summed E-state index contributed by atoms with van der Waals surface area (Å²) < 4.78 is 8.53. The van der Waals surface area contributed by atoms with Crippen molar-refractivity contribution in [2.24, 2.45) is 0 Å². The Bertz CT molecular complexity index is 437. The summed E-state index contributed by atoms with van der Waals surface area (Å²) in [6.45, 7) is 4.29. The van der Waals surface area contributed by atoms with E-state index in [9.17, 15) is 0 Å². The molecule has 3 rings (SSSR count). The van der Waals surface area contributed by atoms with Crippen molar-refractivity contribution in [3.8, 4) is 0 Å². The Kier molecular flexibility index (Phi) is 2.39. The Morgan fingerprint density at radius 2 is 1.94 bits per heavy atom. The fourth-order valence-electron chi connectivity index (χ4n) is 2.96. The van der Waals surface area contributed by atoms with Crippen molar-refractivity contribution in [1.82, 2.24) is 3.11 Å². The third kappa shape index (κ3) is 1.33. The van der Waals surface area contributed by atoms with Crippen LogP contribution in [-0.4, -0.2) is 22.8 Å². The zero-order chi connectivity index (χ0) is 11.5. The first kappa shape index (κ1) is 11.0. The molecule has 0 bridgehead atoms. The van der Waals surface area contributed by atoms with Crippen LogP contribution in [0.4, 0.5) is 0 Å². The van der Waals surface area contributed by atoms with E-state index in [-0.39, 0.29) is 5.72 Å². The number of fused-ring (bicyclic) bond motifs is 3. The molecule has 1 aliphatic heterocycles. The van der Waals surface area contributed by atoms with E-state index in [4.69, 9.17) is 4.74 Å². The van der Waals surface area contributed by atoms with Crippen molar-refractivity contribution in [3.63, 3.8) is 0 Å². The molecule has 4 heteroatoms. The van der Waals surface area contributed by atoms with Gasteiger partial charge in [0.25, 0.3) is 0 Å². The fourth-order valence-corrected chi connectivity index (χ4v) is 3.69. The lowest BCUT2D eigenvalue weighted by molar-refractivity contribution is -0.0432. The Morgan fingerprint density at radius 3 is 2.62 bits per heavy atom. The average Bonchev–Trinajstić information content (AvgIpc) is 2.64. The lowest BCUT2D eigenvalue weighted by Crippen LogP contribution is -2.32. The van der Waals surface area contributed by atoms with Gasteiger partial charge in [0, 0.05) is 22.9 Å². The number of hydrogen-bond donors (Lipinski definition) is 0. The van der Waals surface area contributed by atoms with Gasteiger partial charge < -0.3 is 4.74 Å². The van der Waals surface area contributed by atoms with Gasteiger partial charge in [-0.25, -0.2) is 3.11 Å². The lowest BCUT2D eigenvalue weighted by Gasteiger charge is -2.28. The second kappa shape index (κ2) is 3.46. The van der Waals surface area contributed by atoms with E-state index in [1.54, 1.807) is 0 Å². The van der Waals surface area contributed by atoms with E-state index in [2.05, 4.69) is 71.9 Å². The summed E-state index contributed by atoms with van der Waals surface area (Å²) in [6, 6.07) is 9.15. The molecule has 1 aliphatic carbocycles. The zero-order valence-electron chi connectivity index (χ0n) is 9.77. The molecule has 2 aliphatic rings. The standard InChI is InChI=1S/C12H15BINO/c1-12(2)15(14)10-8-6-4-3-5-7(8)9(13)11(10)16-12/h3-6,9-11H,13H2,1-2H3/t9-,10+,11-/m1/s1. The molecule has 0 saturated carbocycles. The van der Waals surface area contributed by atoms with Crippen LogP contribution >= 0.6 is 22.9 Å². The van der Waals surface area contributed by atoms with E-state index >= 15 is 0 Å².